The minimum atomic E-state index is -2.76. The van der Waals surface area contributed by atoms with Crippen LogP contribution in [0.4, 0.5) is 8.78 Å². The third kappa shape index (κ3) is 1.67. The topological polar surface area (TPSA) is 12.9 Å². The van der Waals surface area contributed by atoms with Gasteiger partial charge in [-0.15, -0.1) is 0 Å². The lowest BCUT2D eigenvalue weighted by Gasteiger charge is -2.45. The SMILES string of the molecule is Cc1ccnc(C2(C(F)(F)P)CCC2)c1. The number of hydrogen-bond acceptors (Lipinski definition) is 1. The van der Waals surface area contributed by atoms with E-state index in [1.807, 2.05) is 13.0 Å². The molecule has 0 saturated heterocycles. The number of aryl methyl sites for hydroxylation is 1. The second-order valence-corrected chi connectivity index (χ2v) is 5.00. The number of halogens is 2. The molecule has 4 heteroatoms. The lowest BCUT2D eigenvalue weighted by Crippen LogP contribution is -2.47. The molecule has 1 nitrogen and oxygen atoms in total. The van der Waals surface area contributed by atoms with Crippen molar-refractivity contribution in [1.82, 2.24) is 4.98 Å². The lowest BCUT2D eigenvalue weighted by atomic mass is 9.66. The van der Waals surface area contributed by atoms with Crippen LogP contribution in [0.25, 0.3) is 0 Å². The predicted octanol–water partition coefficient (Wildman–Crippen LogP) is 3.28. The molecule has 1 saturated carbocycles. The van der Waals surface area contributed by atoms with Gasteiger partial charge in [-0.2, -0.15) is 0 Å². The Balaban J connectivity index is 2.43. The first-order chi connectivity index (χ1) is 6.96. The van der Waals surface area contributed by atoms with Gasteiger partial charge in [-0.1, -0.05) is 15.7 Å². The van der Waals surface area contributed by atoms with Crippen LogP contribution in [0.2, 0.25) is 0 Å². The molecule has 1 aromatic heterocycles. The maximum absolute atomic E-state index is 13.6. The summed E-state index contributed by atoms with van der Waals surface area (Å²) in [6.07, 6.45) is 3.53. The summed E-state index contributed by atoms with van der Waals surface area (Å²) >= 11 is 0. The lowest BCUT2D eigenvalue weighted by molar-refractivity contribution is -0.0357. The highest BCUT2D eigenvalue weighted by Gasteiger charge is 2.56. The fourth-order valence-corrected chi connectivity index (χ4v) is 2.52. The first-order valence-electron chi connectivity index (χ1n) is 5.05. The molecule has 0 amide bonds. The fourth-order valence-electron chi connectivity index (χ4n) is 2.09. The molecule has 0 aliphatic heterocycles. The van der Waals surface area contributed by atoms with Gasteiger partial charge in [0.25, 0.3) is 5.66 Å². The maximum atomic E-state index is 13.6. The summed E-state index contributed by atoms with van der Waals surface area (Å²) in [7, 11) is 1.67. The minimum absolute atomic E-state index is 0.528. The van der Waals surface area contributed by atoms with Crippen LogP contribution in [-0.4, -0.2) is 10.6 Å². The van der Waals surface area contributed by atoms with Crippen molar-refractivity contribution in [2.75, 3.05) is 0 Å². The van der Waals surface area contributed by atoms with E-state index >= 15 is 0 Å². The number of nitrogens with zero attached hydrogens (tertiary/aromatic N) is 1. The Kier molecular flexibility index (Phi) is 2.54. The second kappa shape index (κ2) is 3.48. The molecule has 0 N–H and O–H groups in total. The minimum Gasteiger partial charge on any atom is -0.260 e. The maximum Gasteiger partial charge on any atom is 0.269 e. The fraction of sp³-hybridized carbons (Fsp3) is 0.545. The predicted molar refractivity (Wildman–Crippen MR) is 59.2 cm³/mol. The normalized spacial score (nSPS) is 19.7. The Morgan fingerprint density at radius 3 is 2.53 bits per heavy atom. The molecule has 1 atom stereocenters. The van der Waals surface area contributed by atoms with E-state index in [-0.39, 0.29) is 0 Å². The van der Waals surface area contributed by atoms with Crippen molar-refractivity contribution in [3.63, 3.8) is 0 Å². The van der Waals surface area contributed by atoms with Crippen LogP contribution in [0.5, 0.6) is 0 Å². The van der Waals surface area contributed by atoms with Crippen LogP contribution in [0, 0.1) is 6.92 Å². The van der Waals surface area contributed by atoms with Gasteiger partial charge in [0, 0.05) is 6.20 Å². The van der Waals surface area contributed by atoms with Gasteiger partial charge < -0.3 is 0 Å². The zero-order chi connectivity index (χ0) is 11.1. The zero-order valence-electron chi connectivity index (χ0n) is 8.63. The molecule has 1 aliphatic carbocycles. The van der Waals surface area contributed by atoms with Crippen LogP contribution in [0.1, 0.15) is 30.5 Å². The van der Waals surface area contributed by atoms with E-state index in [9.17, 15) is 8.78 Å². The van der Waals surface area contributed by atoms with Crippen LogP contribution < -0.4 is 0 Å². The van der Waals surface area contributed by atoms with Crippen molar-refractivity contribution >= 4 is 9.24 Å². The molecular weight excluding hydrogens is 215 g/mol. The second-order valence-electron chi connectivity index (χ2n) is 4.28. The molecule has 82 valence electrons. The number of aromatic nitrogens is 1. The standard InChI is InChI=1S/C11H14F2NP/c1-8-3-6-14-9(7-8)10(4-2-5-10)11(12,13)15/h3,6-7H,2,4-5,15H2,1H3. The zero-order valence-corrected chi connectivity index (χ0v) is 9.79. The van der Waals surface area contributed by atoms with E-state index in [0.29, 0.717) is 18.5 Å². The molecule has 0 bridgehead atoms. The Bertz CT molecular complexity index is 369. The molecule has 0 spiro atoms. The highest BCUT2D eigenvalue weighted by Crippen LogP contribution is 2.56. The van der Waals surface area contributed by atoms with Crippen LogP contribution in [0.3, 0.4) is 0 Å². The van der Waals surface area contributed by atoms with Gasteiger partial charge in [0.05, 0.1) is 11.1 Å². The first-order valence-corrected chi connectivity index (χ1v) is 5.63. The smallest absolute Gasteiger partial charge is 0.260 e. The van der Waals surface area contributed by atoms with Gasteiger partial charge >= 0.3 is 0 Å². The number of pyridine rings is 1. The van der Waals surface area contributed by atoms with Gasteiger partial charge in [-0.05, 0) is 37.5 Å². The molecule has 1 unspecified atom stereocenters. The van der Waals surface area contributed by atoms with Crippen LogP contribution in [-0.2, 0) is 5.41 Å². The van der Waals surface area contributed by atoms with Crippen molar-refractivity contribution in [3.8, 4) is 0 Å². The molecule has 2 rings (SSSR count). The van der Waals surface area contributed by atoms with Gasteiger partial charge in [-0.3, -0.25) is 4.98 Å². The van der Waals surface area contributed by atoms with E-state index in [4.69, 9.17) is 0 Å². The van der Waals surface area contributed by atoms with E-state index in [1.54, 1.807) is 21.5 Å². The third-order valence-electron chi connectivity index (χ3n) is 3.25. The number of rotatable bonds is 2. The summed E-state index contributed by atoms with van der Waals surface area (Å²) in [6, 6.07) is 3.61. The molecule has 0 aromatic carbocycles. The van der Waals surface area contributed by atoms with Gasteiger partial charge in [-0.25, -0.2) is 8.78 Å². The average Bonchev–Trinajstić information content (AvgIpc) is 1.98. The third-order valence-corrected chi connectivity index (χ3v) is 3.80. The molecule has 1 fully saturated rings. The van der Waals surface area contributed by atoms with Crippen molar-refractivity contribution in [2.24, 2.45) is 0 Å². The van der Waals surface area contributed by atoms with Gasteiger partial charge in [0.15, 0.2) is 0 Å². The highest BCUT2D eigenvalue weighted by molar-refractivity contribution is 7.18. The molecule has 15 heavy (non-hydrogen) atoms. The Morgan fingerprint density at radius 1 is 1.47 bits per heavy atom. The summed E-state index contributed by atoms with van der Waals surface area (Å²) in [6.45, 7) is 1.90. The molecule has 0 radical (unpaired) electrons. The monoisotopic (exact) mass is 229 g/mol. The summed E-state index contributed by atoms with van der Waals surface area (Å²) in [5.74, 6) is 0. The highest BCUT2D eigenvalue weighted by atomic mass is 31.0. The van der Waals surface area contributed by atoms with Gasteiger partial charge in [0.2, 0.25) is 0 Å². The number of hydrogen-bond donors (Lipinski definition) is 0. The van der Waals surface area contributed by atoms with Crippen LogP contribution in [0.15, 0.2) is 18.3 Å². The number of alkyl halides is 2. The quantitative estimate of drug-likeness (QED) is 0.709. The molecule has 1 heterocycles. The summed E-state index contributed by atoms with van der Waals surface area (Å²) in [5.41, 5.74) is -2.27. The molecule has 1 aromatic rings. The summed E-state index contributed by atoms with van der Waals surface area (Å²) in [4.78, 5) is 4.11. The molecule has 1 aliphatic rings. The molecular formula is C11H14F2NP. The average molecular weight is 229 g/mol. The van der Waals surface area contributed by atoms with Gasteiger partial charge in [0.1, 0.15) is 0 Å². The Hall–Kier alpha value is -0.560. The van der Waals surface area contributed by atoms with E-state index in [1.165, 1.54) is 0 Å². The summed E-state index contributed by atoms with van der Waals surface area (Å²) < 4.78 is 27.1. The van der Waals surface area contributed by atoms with Crippen molar-refractivity contribution in [1.29, 1.82) is 0 Å². The Morgan fingerprint density at radius 2 is 2.13 bits per heavy atom. The van der Waals surface area contributed by atoms with Crippen LogP contribution >= 0.6 is 9.24 Å². The van der Waals surface area contributed by atoms with Crippen molar-refractivity contribution in [2.45, 2.75) is 37.3 Å². The first kappa shape index (κ1) is 10.9. The summed E-state index contributed by atoms with van der Waals surface area (Å²) in [5, 5.41) is 0. The van der Waals surface area contributed by atoms with E-state index in [2.05, 4.69) is 4.98 Å². The van der Waals surface area contributed by atoms with E-state index in [0.717, 1.165) is 12.0 Å². The largest absolute Gasteiger partial charge is 0.269 e. The van der Waals surface area contributed by atoms with E-state index < -0.39 is 11.1 Å². The van der Waals surface area contributed by atoms with Crippen molar-refractivity contribution in [3.05, 3.63) is 29.6 Å². The Labute approximate surface area is 90.5 Å². The van der Waals surface area contributed by atoms with Crippen molar-refractivity contribution < 1.29 is 8.78 Å².